The largest absolute Gasteiger partial charge is 0.495 e. The van der Waals surface area contributed by atoms with E-state index in [1.54, 1.807) is 14.2 Å². The Kier molecular flexibility index (Phi) is 7.58. The standard InChI is InChI=1S/C22H29N3O4/c1-27-19-8-4-3-7-18(19)25-14-12-24(13-15-25)17-22(26)23-11-16-29-21-10-6-5-9-20(21)28-2/h3-10H,11-17H2,1-2H3,(H,23,26)/p+1. The molecule has 1 aliphatic rings. The van der Waals surface area contributed by atoms with Crippen LogP contribution in [0.5, 0.6) is 17.2 Å². The van der Waals surface area contributed by atoms with Gasteiger partial charge < -0.3 is 29.3 Å². The molecule has 0 spiro atoms. The average molecular weight is 400 g/mol. The highest BCUT2D eigenvalue weighted by atomic mass is 16.5. The fraction of sp³-hybridized carbons (Fsp3) is 0.409. The molecule has 156 valence electrons. The van der Waals surface area contributed by atoms with Gasteiger partial charge in [-0.25, -0.2) is 0 Å². The Bertz CT molecular complexity index is 791. The number of amides is 1. The van der Waals surface area contributed by atoms with Crippen molar-refractivity contribution in [1.82, 2.24) is 5.32 Å². The molecule has 1 heterocycles. The summed E-state index contributed by atoms with van der Waals surface area (Å²) in [6.45, 7) is 5.00. The second-order valence-corrected chi connectivity index (χ2v) is 6.93. The lowest BCUT2D eigenvalue weighted by Crippen LogP contribution is -3.16. The van der Waals surface area contributed by atoms with Gasteiger partial charge in [0.1, 0.15) is 12.4 Å². The Morgan fingerprint density at radius 1 is 0.966 bits per heavy atom. The number of nitrogens with zero attached hydrogens (tertiary/aromatic N) is 1. The number of piperazine rings is 1. The minimum Gasteiger partial charge on any atom is -0.495 e. The van der Waals surface area contributed by atoms with Crippen molar-refractivity contribution in [2.45, 2.75) is 0 Å². The summed E-state index contributed by atoms with van der Waals surface area (Å²) in [5.74, 6) is 2.32. The van der Waals surface area contributed by atoms with Gasteiger partial charge in [0.05, 0.1) is 52.6 Å². The van der Waals surface area contributed by atoms with E-state index in [0.29, 0.717) is 31.2 Å². The first kappa shape index (κ1) is 20.8. The SMILES string of the molecule is COc1ccccc1OCCNC(=O)C[NH+]1CCN(c2ccccc2OC)CC1. The van der Waals surface area contributed by atoms with Crippen molar-refractivity contribution in [2.75, 3.05) is 65.0 Å². The summed E-state index contributed by atoms with van der Waals surface area (Å²) in [7, 11) is 3.31. The van der Waals surface area contributed by atoms with Crippen LogP contribution in [0.4, 0.5) is 5.69 Å². The summed E-state index contributed by atoms with van der Waals surface area (Å²) in [4.78, 5) is 15.9. The molecule has 7 nitrogen and oxygen atoms in total. The Morgan fingerprint density at radius 3 is 2.28 bits per heavy atom. The number of quaternary nitrogens is 1. The zero-order valence-corrected chi connectivity index (χ0v) is 17.1. The molecule has 0 unspecified atom stereocenters. The van der Waals surface area contributed by atoms with E-state index in [-0.39, 0.29) is 5.91 Å². The van der Waals surface area contributed by atoms with Crippen molar-refractivity contribution in [3.05, 3.63) is 48.5 Å². The van der Waals surface area contributed by atoms with E-state index in [2.05, 4.69) is 16.3 Å². The topological polar surface area (TPSA) is 64.5 Å². The van der Waals surface area contributed by atoms with Crippen molar-refractivity contribution in [1.29, 1.82) is 0 Å². The smallest absolute Gasteiger partial charge is 0.275 e. The molecule has 0 aliphatic carbocycles. The molecule has 1 fully saturated rings. The zero-order valence-electron chi connectivity index (χ0n) is 17.1. The van der Waals surface area contributed by atoms with E-state index in [0.717, 1.165) is 37.6 Å². The lowest BCUT2D eigenvalue weighted by Gasteiger charge is -2.34. The molecule has 0 atom stereocenters. The van der Waals surface area contributed by atoms with Crippen LogP contribution in [0.25, 0.3) is 0 Å². The molecule has 3 rings (SSSR count). The molecule has 0 radical (unpaired) electrons. The summed E-state index contributed by atoms with van der Waals surface area (Å²) in [5, 5.41) is 2.94. The molecule has 1 aliphatic heterocycles. The summed E-state index contributed by atoms with van der Waals surface area (Å²) in [5.41, 5.74) is 1.12. The molecule has 2 N–H and O–H groups in total. The van der Waals surface area contributed by atoms with Crippen molar-refractivity contribution in [3.8, 4) is 17.2 Å². The fourth-order valence-electron chi connectivity index (χ4n) is 3.51. The zero-order chi connectivity index (χ0) is 20.5. The van der Waals surface area contributed by atoms with Gasteiger partial charge in [0.25, 0.3) is 5.91 Å². The van der Waals surface area contributed by atoms with E-state index in [4.69, 9.17) is 14.2 Å². The first-order valence-electron chi connectivity index (χ1n) is 9.95. The van der Waals surface area contributed by atoms with Gasteiger partial charge >= 0.3 is 0 Å². The van der Waals surface area contributed by atoms with Crippen LogP contribution in [-0.4, -0.2) is 66.0 Å². The number of rotatable bonds is 9. The number of methoxy groups -OCH3 is 2. The highest BCUT2D eigenvalue weighted by molar-refractivity contribution is 5.76. The lowest BCUT2D eigenvalue weighted by atomic mass is 10.2. The van der Waals surface area contributed by atoms with E-state index >= 15 is 0 Å². The second-order valence-electron chi connectivity index (χ2n) is 6.93. The number of ether oxygens (including phenoxy) is 3. The van der Waals surface area contributed by atoms with E-state index in [1.165, 1.54) is 4.90 Å². The van der Waals surface area contributed by atoms with E-state index in [9.17, 15) is 4.79 Å². The van der Waals surface area contributed by atoms with Crippen LogP contribution < -0.4 is 29.3 Å². The number of anilines is 1. The minimum absolute atomic E-state index is 0.0503. The van der Waals surface area contributed by atoms with E-state index < -0.39 is 0 Å². The number of hydrogen-bond donors (Lipinski definition) is 2. The maximum absolute atomic E-state index is 12.3. The normalized spacial score (nSPS) is 14.3. The van der Waals surface area contributed by atoms with Gasteiger partial charge in [-0.2, -0.15) is 0 Å². The maximum atomic E-state index is 12.3. The highest BCUT2D eigenvalue weighted by Crippen LogP contribution is 2.27. The summed E-state index contributed by atoms with van der Waals surface area (Å²) < 4.78 is 16.4. The van der Waals surface area contributed by atoms with Gasteiger partial charge in [0, 0.05) is 0 Å². The molecular weight excluding hydrogens is 370 g/mol. The monoisotopic (exact) mass is 400 g/mol. The van der Waals surface area contributed by atoms with Crippen LogP contribution in [0.1, 0.15) is 0 Å². The Hall–Kier alpha value is -2.93. The number of nitrogens with one attached hydrogen (secondary N) is 2. The van der Waals surface area contributed by atoms with Crippen molar-refractivity contribution < 1.29 is 23.9 Å². The van der Waals surface area contributed by atoms with Gasteiger partial charge in [-0.15, -0.1) is 0 Å². The van der Waals surface area contributed by atoms with Gasteiger partial charge in [-0.1, -0.05) is 24.3 Å². The Morgan fingerprint density at radius 2 is 1.59 bits per heavy atom. The lowest BCUT2D eigenvalue weighted by molar-refractivity contribution is -0.892. The summed E-state index contributed by atoms with van der Waals surface area (Å²) >= 11 is 0. The predicted molar refractivity (Wildman–Crippen MR) is 112 cm³/mol. The quantitative estimate of drug-likeness (QED) is 0.604. The molecule has 0 aromatic heterocycles. The Balaban J connectivity index is 1.36. The molecular formula is C22H30N3O4+. The van der Waals surface area contributed by atoms with Crippen LogP contribution in [0.2, 0.25) is 0 Å². The second kappa shape index (κ2) is 10.6. The summed E-state index contributed by atoms with van der Waals surface area (Å²) in [6.07, 6.45) is 0. The molecule has 2 aromatic rings. The number of hydrogen-bond acceptors (Lipinski definition) is 5. The first-order valence-corrected chi connectivity index (χ1v) is 9.95. The van der Waals surface area contributed by atoms with E-state index in [1.807, 2.05) is 42.5 Å². The van der Waals surface area contributed by atoms with Crippen LogP contribution in [0, 0.1) is 0 Å². The van der Waals surface area contributed by atoms with Crippen LogP contribution in [0.3, 0.4) is 0 Å². The highest BCUT2D eigenvalue weighted by Gasteiger charge is 2.23. The first-order chi connectivity index (χ1) is 14.2. The van der Waals surface area contributed by atoms with Crippen molar-refractivity contribution >= 4 is 11.6 Å². The van der Waals surface area contributed by atoms with Gasteiger partial charge in [0.2, 0.25) is 0 Å². The number of benzene rings is 2. The average Bonchev–Trinajstić information content (AvgIpc) is 2.77. The van der Waals surface area contributed by atoms with Crippen LogP contribution in [0.15, 0.2) is 48.5 Å². The summed E-state index contributed by atoms with van der Waals surface area (Å²) in [6, 6.07) is 15.6. The molecule has 7 heteroatoms. The predicted octanol–water partition coefficient (Wildman–Crippen LogP) is 0.604. The van der Waals surface area contributed by atoms with Crippen molar-refractivity contribution in [2.24, 2.45) is 0 Å². The Labute approximate surface area is 172 Å². The van der Waals surface area contributed by atoms with Crippen LogP contribution in [-0.2, 0) is 4.79 Å². The van der Waals surface area contributed by atoms with Gasteiger partial charge in [-0.05, 0) is 24.3 Å². The minimum atomic E-state index is 0.0503. The third-order valence-corrected chi connectivity index (χ3v) is 5.06. The van der Waals surface area contributed by atoms with Gasteiger partial charge in [0.15, 0.2) is 18.0 Å². The molecule has 2 aromatic carbocycles. The third-order valence-electron chi connectivity index (χ3n) is 5.06. The number of para-hydroxylation sites is 4. The maximum Gasteiger partial charge on any atom is 0.275 e. The molecule has 0 saturated carbocycles. The molecule has 1 saturated heterocycles. The van der Waals surface area contributed by atoms with Crippen molar-refractivity contribution in [3.63, 3.8) is 0 Å². The molecule has 0 bridgehead atoms. The fourth-order valence-corrected chi connectivity index (χ4v) is 3.51. The molecule has 1 amide bonds. The third kappa shape index (κ3) is 5.77. The number of carbonyl (C=O) groups excluding carboxylic acids is 1. The number of carbonyl (C=O) groups is 1. The van der Waals surface area contributed by atoms with Gasteiger partial charge in [-0.3, -0.25) is 4.79 Å². The molecule has 29 heavy (non-hydrogen) atoms. The van der Waals surface area contributed by atoms with Crippen LogP contribution >= 0.6 is 0 Å².